The van der Waals surface area contributed by atoms with Gasteiger partial charge < -0.3 is 24.5 Å². The predicted octanol–water partition coefficient (Wildman–Crippen LogP) is 7.48. The van der Waals surface area contributed by atoms with Crippen LogP contribution >= 0.6 is 11.3 Å². The normalized spacial score (nSPS) is 23.6. The number of halogens is 1. The number of oxime groups is 1. The molecule has 1 saturated heterocycles. The number of nitrogens with zero attached hydrogens (tertiary/aromatic N) is 3. The molecule has 1 aromatic carbocycles. The number of rotatable bonds is 9. The molecule has 1 amide bonds. The van der Waals surface area contributed by atoms with Crippen molar-refractivity contribution in [1.29, 1.82) is 0 Å². The lowest BCUT2D eigenvalue weighted by Gasteiger charge is -2.43. The molecule has 0 unspecified atom stereocenters. The summed E-state index contributed by atoms with van der Waals surface area (Å²) in [6.45, 7) is 20.9. The highest BCUT2D eigenvalue weighted by molar-refractivity contribution is 7.17. The molecule has 9 nitrogen and oxygen atoms in total. The first kappa shape index (κ1) is 34.3. The zero-order chi connectivity index (χ0) is 32.9. The Labute approximate surface area is 265 Å². The minimum atomic E-state index is -2.55. The van der Waals surface area contributed by atoms with Crippen molar-refractivity contribution in [3.63, 3.8) is 0 Å². The number of primary amides is 1. The maximum atomic E-state index is 17.0. The molecule has 0 radical (unpaired) electrons. The number of carbonyl (C=O) groups excluding carboxylic acids is 1. The van der Waals surface area contributed by atoms with Crippen LogP contribution in [0.1, 0.15) is 63.6 Å². The molecule has 0 bridgehead atoms. The van der Waals surface area contributed by atoms with Gasteiger partial charge in [0.1, 0.15) is 18.5 Å². The van der Waals surface area contributed by atoms with Crippen molar-refractivity contribution in [2.24, 2.45) is 10.9 Å². The van der Waals surface area contributed by atoms with Crippen LogP contribution in [0.25, 0.3) is 21.5 Å². The van der Waals surface area contributed by atoms with Gasteiger partial charge in [-0.15, -0.1) is 11.3 Å². The number of benzene rings is 1. The van der Waals surface area contributed by atoms with Gasteiger partial charge in [-0.1, -0.05) is 64.9 Å². The van der Waals surface area contributed by atoms with Crippen molar-refractivity contribution in [3.8, 4) is 11.3 Å². The van der Waals surface area contributed by atoms with Crippen LogP contribution in [0.2, 0.25) is 36.3 Å². The lowest BCUT2D eigenvalue weighted by atomic mass is 9.96. The summed E-state index contributed by atoms with van der Waals surface area (Å²) >= 11 is 1.33. The van der Waals surface area contributed by atoms with Gasteiger partial charge in [-0.05, 0) is 47.7 Å². The third-order valence-electron chi connectivity index (χ3n) is 9.51. The fraction of sp³-hybridized carbons (Fsp3) is 0.548. The van der Waals surface area contributed by atoms with Gasteiger partial charge in [-0.2, -0.15) is 0 Å². The topological polar surface area (TPSA) is 129 Å². The molecule has 3 aromatic rings. The maximum absolute atomic E-state index is 17.0. The summed E-state index contributed by atoms with van der Waals surface area (Å²) < 4.78 is 37.7. The molecule has 0 aliphatic carbocycles. The second-order valence-corrected chi connectivity index (χ2v) is 25.0. The summed E-state index contributed by atoms with van der Waals surface area (Å²) in [5.41, 5.74) is 6.58. The number of alkyl halides is 1. The van der Waals surface area contributed by atoms with Gasteiger partial charge in [-0.3, -0.25) is 4.79 Å². The highest BCUT2D eigenvalue weighted by atomic mass is 32.1. The van der Waals surface area contributed by atoms with Gasteiger partial charge in [0.15, 0.2) is 28.4 Å². The molecular formula is C31H45FN4O5SSi2. The summed E-state index contributed by atoms with van der Waals surface area (Å²) in [6, 6.07) is 6.95. The molecule has 2 aromatic heterocycles. The molecule has 3 N–H and O–H groups in total. The number of nitrogens with two attached hydrogens (primary N) is 1. The Balaban J connectivity index is 1.85. The van der Waals surface area contributed by atoms with Crippen molar-refractivity contribution < 1.29 is 28.0 Å². The Morgan fingerprint density at radius 2 is 1.77 bits per heavy atom. The second-order valence-electron chi connectivity index (χ2n) is 14.5. The van der Waals surface area contributed by atoms with E-state index in [9.17, 15) is 10.0 Å². The van der Waals surface area contributed by atoms with Crippen LogP contribution in [-0.2, 0) is 13.6 Å². The van der Waals surface area contributed by atoms with Gasteiger partial charge in [0, 0.05) is 16.7 Å². The number of carbonyl (C=O) groups is 1. The predicted molar refractivity (Wildman–Crippen MR) is 178 cm³/mol. The third-order valence-corrected chi connectivity index (χ3v) is 19.4. The van der Waals surface area contributed by atoms with E-state index in [-0.39, 0.29) is 16.7 Å². The SMILES string of the molecule is CC(C)(C)[Si](C)(C)OC[C@@]1(/C=N/O)O[C@@H](c2csc3c(-c4ccccc4C(N)=O)ncnc23)[C@H](F)[C@@H]1O[Si](C)(C)C(C)(C)C. The fourth-order valence-electron chi connectivity index (χ4n) is 4.72. The van der Waals surface area contributed by atoms with E-state index in [0.717, 1.165) is 0 Å². The Bertz CT molecular complexity index is 1550. The van der Waals surface area contributed by atoms with E-state index < -0.39 is 46.5 Å². The Morgan fingerprint density at radius 3 is 2.36 bits per heavy atom. The first-order valence-corrected chi connectivity index (χ1v) is 21.4. The van der Waals surface area contributed by atoms with Crippen LogP contribution in [0.5, 0.6) is 0 Å². The fourth-order valence-corrected chi connectivity index (χ4v) is 8.11. The van der Waals surface area contributed by atoms with Gasteiger partial charge >= 0.3 is 0 Å². The standard InChI is InChI=1S/C31H45FN4O5SSi2/c1-29(2,3)43(7,8)39-17-31(16-36-38)27(41-44(9,10)30(4,5)6)22(32)25(40-31)21-15-42-26-23(34-18-35-24(21)26)19-13-11-12-14-20(19)28(33)37/h11-16,18,22,25,27,38H,17H2,1-10H3,(H2,33,37)/b36-16+/t22-,25-,27-,31+/m0/s1. The summed E-state index contributed by atoms with van der Waals surface area (Å²) in [5.74, 6) is -0.576. The van der Waals surface area contributed by atoms with E-state index in [1.54, 1.807) is 29.6 Å². The zero-order valence-corrected chi connectivity index (χ0v) is 30.1. The lowest BCUT2D eigenvalue weighted by Crippen LogP contribution is -2.57. The van der Waals surface area contributed by atoms with Gasteiger partial charge in [0.25, 0.3) is 0 Å². The third kappa shape index (κ3) is 6.27. The number of fused-ring (bicyclic) bond motifs is 1. The van der Waals surface area contributed by atoms with Crippen molar-refractivity contribution >= 4 is 50.3 Å². The first-order valence-electron chi connectivity index (χ1n) is 14.7. The largest absolute Gasteiger partial charge is 0.413 e. The Hall–Kier alpha value is -2.56. The van der Waals surface area contributed by atoms with E-state index in [0.29, 0.717) is 32.6 Å². The molecule has 1 aliphatic rings. The summed E-state index contributed by atoms with van der Waals surface area (Å²) in [4.78, 5) is 21.2. The summed E-state index contributed by atoms with van der Waals surface area (Å²) in [6.07, 6.45) is -1.24. The van der Waals surface area contributed by atoms with Crippen molar-refractivity contribution in [2.45, 2.75) is 102 Å². The van der Waals surface area contributed by atoms with Crippen molar-refractivity contribution in [1.82, 2.24) is 9.97 Å². The van der Waals surface area contributed by atoms with E-state index in [2.05, 4.69) is 82.9 Å². The number of ether oxygens (including phenoxy) is 1. The Morgan fingerprint density at radius 1 is 1.14 bits per heavy atom. The molecule has 240 valence electrons. The average molecular weight is 661 g/mol. The van der Waals surface area contributed by atoms with Crippen LogP contribution < -0.4 is 5.73 Å². The zero-order valence-electron chi connectivity index (χ0n) is 27.3. The second kappa shape index (κ2) is 12.0. The average Bonchev–Trinajstić information content (AvgIpc) is 3.46. The van der Waals surface area contributed by atoms with Crippen LogP contribution in [0, 0.1) is 0 Å². The molecular weight excluding hydrogens is 616 g/mol. The number of thiophene rings is 1. The smallest absolute Gasteiger partial charge is 0.249 e. The molecule has 44 heavy (non-hydrogen) atoms. The van der Waals surface area contributed by atoms with E-state index in [1.807, 2.05) is 0 Å². The van der Waals surface area contributed by atoms with Gasteiger partial charge in [0.2, 0.25) is 5.91 Å². The van der Waals surface area contributed by atoms with Crippen LogP contribution in [0.4, 0.5) is 4.39 Å². The minimum Gasteiger partial charge on any atom is -0.413 e. The quantitative estimate of drug-likeness (QED) is 0.105. The summed E-state index contributed by atoms with van der Waals surface area (Å²) in [5, 5.41) is 14.7. The van der Waals surface area contributed by atoms with Crippen LogP contribution in [0.3, 0.4) is 0 Å². The molecule has 3 heterocycles. The lowest BCUT2D eigenvalue weighted by molar-refractivity contribution is -0.0561. The minimum absolute atomic E-state index is 0.0436. The first-order chi connectivity index (χ1) is 20.3. The van der Waals surface area contributed by atoms with Crippen molar-refractivity contribution in [2.75, 3.05) is 6.61 Å². The molecule has 13 heteroatoms. The van der Waals surface area contributed by atoms with Gasteiger partial charge in [0.05, 0.1) is 28.7 Å². The number of hydrogen-bond donors (Lipinski definition) is 2. The number of amides is 1. The molecule has 1 aliphatic heterocycles. The highest BCUT2D eigenvalue weighted by Gasteiger charge is 2.60. The molecule has 4 atom stereocenters. The molecule has 4 rings (SSSR count). The highest BCUT2D eigenvalue weighted by Crippen LogP contribution is 2.50. The monoisotopic (exact) mass is 660 g/mol. The molecule has 0 saturated carbocycles. The maximum Gasteiger partial charge on any atom is 0.249 e. The van der Waals surface area contributed by atoms with Crippen LogP contribution in [0.15, 0.2) is 41.1 Å². The van der Waals surface area contributed by atoms with E-state index in [1.165, 1.54) is 23.9 Å². The molecule has 0 spiro atoms. The van der Waals surface area contributed by atoms with E-state index >= 15 is 4.39 Å². The number of aromatic nitrogens is 2. The van der Waals surface area contributed by atoms with Crippen molar-refractivity contribution in [3.05, 3.63) is 47.1 Å². The molecule has 1 fully saturated rings. The summed E-state index contributed by atoms with van der Waals surface area (Å²) in [7, 11) is -4.89. The number of hydrogen-bond acceptors (Lipinski definition) is 9. The van der Waals surface area contributed by atoms with Crippen LogP contribution in [-0.4, -0.2) is 68.4 Å². The van der Waals surface area contributed by atoms with E-state index in [4.69, 9.17) is 19.3 Å². The van der Waals surface area contributed by atoms with Gasteiger partial charge in [-0.25, -0.2) is 14.4 Å². The Kier molecular flexibility index (Phi) is 9.35.